The number of nitrogens with one attached hydrogen (secondary N) is 1. The molecular formula is C19H24N2O2. The molecule has 0 aliphatic heterocycles. The van der Waals surface area contributed by atoms with E-state index >= 15 is 0 Å². The molecule has 2 N–H and O–H groups in total. The Labute approximate surface area is 137 Å². The zero-order valence-electron chi connectivity index (χ0n) is 13.9. The van der Waals surface area contributed by atoms with Gasteiger partial charge in [-0.3, -0.25) is 0 Å². The van der Waals surface area contributed by atoms with Crippen LogP contribution in [0.25, 0.3) is 0 Å². The number of carbonyl (C=O) groups is 1. The minimum absolute atomic E-state index is 0.163. The van der Waals surface area contributed by atoms with Crippen molar-refractivity contribution in [3.63, 3.8) is 0 Å². The number of aliphatic hydroxyl groups excluding tert-OH is 1. The summed E-state index contributed by atoms with van der Waals surface area (Å²) in [5.74, 6) is -0.206. The van der Waals surface area contributed by atoms with E-state index < -0.39 is 6.10 Å². The molecule has 2 unspecified atom stereocenters. The molecule has 0 radical (unpaired) electrons. The monoisotopic (exact) mass is 312 g/mol. The highest BCUT2D eigenvalue weighted by molar-refractivity contribution is 5.73. The third-order valence-corrected chi connectivity index (χ3v) is 3.99. The fourth-order valence-electron chi connectivity index (χ4n) is 2.63. The highest BCUT2D eigenvalue weighted by Crippen LogP contribution is 2.32. The number of urea groups is 1. The number of rotatable bonds is 5. The van der Waals surface area contributed by atoms with Crippen LogP contribution in [0.4, 0.5) is 4.79 Å². The van der Waals surface area contributed by atoms with Gasteiger partial charge in [-0.25, -0.2) is 4.79 Å². The van der Waals surface area contributed by atoms with Crippen LogP contribution < -0.4 is 5.32 Å². The standard InChI is InChI=1S/C19H24N2O2/c1-14-9-7-8-12-16(14)17(13-20-19(23)21(2)3)18(22)15-10-5-4-6-11-15/h4-12,17-18,22H,13H2,1-3H3,(H,20,23). The summed E-state index contributed by atoms with van der Waals surface area (Å²) in [4.78, 5) is 13.3. The van der Waals surface area contributed by atoms with Gasteiger partial charge >= 0.3 is 6.03 Å². The minimum atomic E-state index is -0.681. The Morgan fingerprint density at radius 1 is 1.09 bits per heavy atom. The molecule has 0 aromatic heterocycles. The predicted octanol–water partition coefficient (Wildman–Crippen LogP) is 3.08. The van der Waals surface area contributed by atoms with E-state index in [4.69, 9.17) is 0 Å². The molecule has 4 nitrogen and oxygen atoms in total. The van der Waals surface area contributed by atoms with Crippen LogP contribution in [0, 0.1) is 6.92 Å². The van der Waals surface area contributed by atoms with Crippen molar-refractivity contribution in [1.82, 2.24) is 10.2 Å². The summed E-state index contributed by atoms with van der Waals surface area (Å²) in [5, 5.41) is 13.7. The number of benzene rings is 2. The number of aryl methyl sites for hydroxylation is 1. The Morgan fingerprint density at radius 3 is 2.30 bits per heavy atom. The van der Waals surface area contributed by atoms with Gasteiger partial charge in [-0.05, 0) is 23.6 Å². The van der Waals surface area contributed by atoms with Gasteiger partial charge in [0.25, 0.3) is 0 Å². The van der Waals surface area contributed by atoms with Crippen LogP contribution >= 0.6 is 0 Å². The van der Waals surface area contributed by atoms with Gasteiger partial charge in [0.05, 0.1) is 6.10 Å². The molecule has 2 atom stereocenters. The van der Waals surface area contributed by atoms with Crippen molar-refractivity contribution in [3.05, 3.63) is 71.3 Å². The van der Waals surface area contributed by atoms with Crippen molar-refractivity contribution in [2.45, 2.75) is 18.9 Å². The van der Waals surface area contributed by atoms with Crippen molar-refractivity contribution >= 4 is 6.03 Å². The van der Waals surface area contributed by atoms with Gasteiger partial charge < -0.3 is 15.3 Å². The van der Waals surface area contributed by atoms with E-state index in [2.05, 4.69) is 5.32 Å². The van der Waals surface area contributed by atoms with Crippen molar-refractivity contribution in [2.75, 3.05) is 20.6 Å². The van der Waals surface area contributed by atoms with Gasteiger partial charge in [-0.15, -0.1) is 0 Å². The van der Waals surface area contributed by atoms with Crippen molar-refractivity contribution < 1.29 is 9.90 Å². The van der Waals surface area contributed by atoms with Gasteiger partial charge in [0.1, 0.15) is 0 Å². The zero-order valence-corrected chi connectivity index (χ0v) is 13.9. The summed E-state index contributed by atoms with van der Waals surface area (Å²) in [6.07, 6.45) is -0.681. The molecule has 2 aromatic carbocycles. The zero-order chi connectivity index (χ0) is 16.8. The molecule has 0 aliphatic rings. The van der Waals surface area contributed by atoms with Gasteiger partial charge in [-0.2, -0.15) is 0 Å². The first kappa shape index (κ1) is 17.0. The van der Waals surface area contributed by atoms with E-state index in [1.807, 2.05) is 61.5 Å². The topological polar surface area (TPSA) is 52.6 Å². The van der Waals surface area contributed by atoms with E-state index in [1.165, 1.54) is 4.90 Å². The molecular weight excluding hydrogens is 288 g/mol. The van der Waals surface area contributed by atoms with E-state index in [9.17, 15) is 9.90 Å². The van der Waals surface area contributed by atoms with Crippen molar-refractivity contribution in [1.29, 1.82) is 0 Å². The number of carbonyl (C=O) groups excluding carboxylic acids is 1. The fraction of sp³-hybridized carbons (Fsp3) is 0.316. The van der Waals surface area contributed by atoms with Gasteiger partial charge in [0, 0.05) is 26.6 Å². The van der Waals surface area contributed by atoms with E-state index in [0.717, 1.165) is 16.7 Å². The summed E-state index contributed by atoms with van der Waals surface area (Å²) in [6, 6.07) is 17.4. The minimum Gasteiger partial charge on any atom is -0.388 e. The number of hydrogen-bond donors (Lipinski definition) is 2. The molecule has 0 bridgehead atoms. The van der Waals surface area contributed by atoms with E-state index in [1.54, 1.807) is 14.1 Å². The highest BCUT2D eigenvalue weighted by Gasteiger charge is 2.24. The van der Waals surface area contributed by atoms with Gasteiger partial charge in [0.15, 0.2) is 0 Å². The Hall–Kier alpha value is -2.33. The Morgan fingerprint density at radius 2 is 1.70 bits per heavy atom. The smallest absolute Gasteiger partial charge is 0.316 e. The Bertz CT molecular complexity index is 641. The Balaban J connectivity index is 2.28. The van der Waals surface area contributed by atoms with E-state index in [0.29, 0.717) is 6.54 Å². The van der Waals surface area contributed by atoms with Crippen LogP contribution in [0.5, 0.6) is 0 Å². The number of nitrogens with zero attached hydrogens (tertiary/aromatic N) is 1. The summed E-state index contributed by atoms with van der Waals surface area (Å²) < 4.78 is 0. The van der Waals surface area contributed by atoms with Crippen LogP contribution in [0.1, 0.15) is 28.7 Å². The van der Waals surface area contributed by atoms with Gasteiger partial charge in [-0.1, -0.05) is 54.6 Å². The third kappa shape index (κ3) is 4.33. The molecule has 2 rings (SSSR count). The first-order chi connectivity index (χ1) is 11.0. The predicted molar refractivity (Wildman–Crippen MR) is 92.4 cm³/mol. The number of aliphatic hydroxyl groups is 1. The molecule has 0 saturated heterocycles. The molecule has 0 fully saturated rings. The summed E-state index contributed by atoms with van der Waals surface area (Å²) in [5.41, 5.74) is 2.99. The maximum atomic E-state index is 11.9. The van der Waals surface area contributed by atoms with Crippen LogP contribution in [0.3, 0.4) is 0 Å². The average Bonchev–Trinajstić information content (AvgIpc) is 2.56. The van der Waals surface area contributed by atoms with Crippen LogP contribution in [-0.4, -0.2) is 36.7 Å². The molecule has 0 spiro atoms. The fourth-order valence-corrected chi connectivity index (χ4v) is 2.63. The molecule has 2 amide bonds. The number of amides is 2. The highest BCUT2D eigenvalue weighted by atomic mass is 16.3. The summed E-state index contributed by atoms with van der Waals surface area (Å²) >= 11 is 0. The van der Waals surface area contributed by atoms with Crippen molar-refractivity contribution in [3.8, 4) is 0 Å². The quantitative estimate of drug-likeness (QED) is 0.891. The second-order valence-electron chi connectivity index (χ2n) is 5.90. The average molecular weight is 312 g/mol. The van der Waals surface area contributed by atoms with Crippen LogP contribution in [0.2, 0.25) is 0 Å². The molecule has 4 heteroatoms. The second-order valence-corrected chi connectivity index (χ2v) is 5.90. The maximum Gasteiger partial charge on any atom is 0.316 e. The third-order valence-electron chi connectivity index (χ3n) is 3.99. The van der Waals surface area contributed by atoms with Crippen molar-refractivity contribution in [2.24, 2.45) is 0 Å². The second kappa shape index (κ2) is 7.79. The Kier molecular flexibility index (Phi) is 5.77. The first-order valence-electron chi connectivity index (χ1n) is 7.74. The lowest BCUT2D eigenvalue weighted by molar-refractivity contribution is 0.142. The van der Waals surface area contributed by atoms with Crippen LogP contribution in [0.15, 0.2) is 54.6 Å². The number of hydrogen-bond acceptors (Lipinski definition) is 2. The molecule has 2 aromatic rings. The van der Waals surface area contributed by atoms with Crippen LogP contribution in [-0.2, 0) is 0 Å². The first-order valence-corrected chi connectivity index (χ1v) is 7.74. The van der Waals surface area contributed by atoms with E-state index in [-0.39, 0.29) is 11.9 Å². The molecule has 122 valence electrons. The maximum absolute atomic E-state index is 11.9. The molecule has 0 saturated carbocycles. The summed E-state index contributed by atoms with van der Waals surface area (Å²) in [7, 11) is 3.40. The molecule has 0 heterocycles. The lowest BCUT2D eigenvalue weighted by Gasteiger charge is -2.26. The SMILES string of the molecule is Cc1ccccc1C(CNC(=O)N(C)C)C(O)c1ccccc1. The largest absolute Gasteiger partial charge is 0.388 e. The van der Waals surface area contributed by atoms with Gasteiger partial charge in [0.2, 0.25) is 0 Å². The summed E-state index contributed by atoms with van der Waals surface area (Å²) in [6.45, 7) is 2.39. The lowest BCUT2D eigenvalue weighted by atomic mass is 9.86. The molecule has 0 aliphatic carbocycles. The normalized spacial score (nSPS) is 13.2. The molecule has 23 heavy (non-hydrogen) atoms. The lowest BCUT2D eigenvalue weighted by Crippen LogP contribution is -2.38.